The van der Waals surface area contributed by atoms with Gasteiger partial charge in [-0.1, -0.05) is 0 Å². The van der Waals surface area contributed by atoms with E-state index in [0.717, 1.165) is 5.56 Å². The third-order valence-corrected chi connectivity index (χ3v) is 4.45. The van der Waals surface area contributed by atoms with Gasteiger partial charge in [0.15, 0.2) is 28.8 Å². The van der Waals surface area contributed by atoms with Crippen molar-refractivity contribution in [2.75, 3.05) is 32.8 Å². The van der Waals surface area contributed by atoms with Crippen LogP contribution in [0.3, 0.4) is 0 Å². The van der Waals surface area contributed by atoms with Crippen LogP contribution in [0, 0.1) is 6.92 Å². The zero-order chi connectivity index (χ0) is 20.1. The molecule has 0 aliphatic carbocycles. The number of ketones is 1. The van der Waals surface area contributed by atoms with Crippen LogP contribution in [0.25, 0.3) is 0 Å². The second-order valence-electron chi connectivity index (χ2n) is 6.35. The van der Waals surface area contributed by atoms with Crippen LogP contribution in [-0.2, 0) is 4.79 Å². The number of rotatable bonds is 7. The first-order chi connectivity index (χ1) is 13.5. The monoisotopic (exact) mass is 385 g/mol. The summed E-state index contributed by atoms with van der Waals surface area (Å²) in [7, 11) is 3.09. The molecule has 0 saturated carbocycles. The third kappa shape index (κ3) is 4.36. The van der Waals surface area contributed by atoms with Gasteiger partial charge in [-0.25, -0.2) is 0 Å². The van der Waals surface area contributed by atoms with Crippen molar-refractivity contribution in [3.05, 3.63) is 41.5 Å². The maximum Gasteiger partial charge on any atom is 0.224 e. The summed E-state index contributed by atoms with van der Waals surface area (Å²) in [6.45, 7) is 2.81. The minimum Gasteiger partial charge on any atom is -0.493 e. The van der Waals surface area contributed by atoms with Crippen LogP contribution in [0.15, 0.2) is 30.3 Å². The Morgan fingerprint density at radius 3 is 2.36 bits per heavy atom. The van der Waals surface area contributed by atoms with E-state index in [9.17, 15) is 9.59 Å². The second kappa shape index (κ2) is 8.65. The first-order valence-electron chi connectivity index (χ1n) is 8.97. The fraction of sp³-hybridized carbons (Fsp3) is 0.333. The summed E-state index contributed by atoms with van der Waals surface area (Å²) in [6.07, 6.45) is 0.166. The van der Waals surface area contributed by atoms with Gasteiger partial charge in [-0.3, -0.25) is 9.59 Å². The number of hydrogen-bond acceptors (Lipinski definition) is 6. The van der Waals surface area contributed by atoms with Crippen molar-refractivity contribution in [1.29, 1.82) is 0 Å². The van der Waals surface area contributed by atoms with Crippen LogP contribution >= 0.6 is 0 Å². The molecule has 0 saturated heterocycles. The average molecular weight is 385 g/mol. The van der Waals surface area contributed by atoms with E-state index in [1.807, 2.05) is 6.92 Å². The number of carbonyl (C=O) groups is 2. The predicted molar refractivity (Wildman–Crippen MR) is 104 cm³/mol. The highest BCUT2D eigenvalue weighted by molar-refractivity contribution is 6.00. The number of amides is 1. The number of aryl methyl sites for hydroxylation is 1. The molecule has 1 N–H and O–H groups in total. The molecule has 2 aromatic rings. The zero-order valence-corrected chi connectivity index (χ0v) is 16.2. The third-order valence-electron chi connectivity index (χ3n) is 4.45. The average Bonchev–Trinajstić information content (AvgIpc) is 2.72. The predicted octanol–water partition coefficient (Wildman–Crippen LogP) is 3.39. The molecule has 1 amide bonds. The number of ether oxygens (including phenoxy) is 4. The smallest absolute Gasteiger partial charge is 0.224 e. The molecule has 0 spiro atoms. The molecule has 1 heterocycles. The Labute approximate surface area is 163 Å². The molecule has 2 aromatic carbocycles. The van der Waals surface area contributed by atoms with Gasteiger partial charge in [0.1, 0.15) is 13.2 Å². The van der Waals surface area contributed by atoms with Gasteiger partial charge < -0.3 is 24.3 Å². The van der Waals surface area contributed by atoms with Crippen LogP contribution in [0.5, 0.6) is 23.0 Å². The maximum atomic E-state index is 12.4. The molecule has 7 nitrogen and oxygen atoms in total. The molecule has 3 rings (SSSR count). The van der Waals surface area contributed by atoms with Gasteiger partial charge in [0.2, 0.25) is 5.91 Å². The van der Waals surface area contributed by atoms with Crippen LogP contribution in [-0.4, -0.2) is 39.1 Å². The summed E-state index contributed by atoms with van der Waals surface area (Å²) >= 11 is 0. The highest BCUT2D eigenvalue weighted by atomic mass is 16.6. The van der Waals surface area contributed by atoms with Crippen LogP contribution in [0.1, 0.15) is 28.8 Å². The van der Waals surface area contributed by atoms with Gasteiger partial charge in [-0.15, -0.1) is 0 Å². The van der Waals surface area contributed by atoms with E-state index < -0.39 is 0 Å². The van der Waals surface area contributed by atoms with Gasteiger partial charge in [0.05, 0.1) is 14.2 Å². The van der Waals surface area contributed by atoms with Crippen LogP contribution < -0.4 is 24.3 Å². The molecule has 1 aliphatic rings. The highest BCUT2D eigenvalue weighted by Crippen LogP contribution is 2.33. The van der Waals surface area contributed by atoms with Gasteiger partial charge >= 0.3 is 0 Å². The lowest BCUT2D eigenvalue weighted by atomic mass is 10.1. The van der Waals surface area contributed by atoms with Crippen molar-refractivity contribution in [3.63, 3.8) is 0 Å². The minimum absolute atomic E-state index is 0.0705. The molecule has 0 radical (unpaired) electrons. The SMILES string of the molecule is COc1cc(C)c(NC(=O)CCC(=O)c2ccc3c(c2)OCCO3)cc1OC. The number of hydrogen-bond donors (Lipinski definition) is 1. The lowest BCUT2D eigenvalue weighted by Gasteiger charge is -2.18. The Hall–Kier alpha value is -3.22. The minimum atomic E-state index is -0.249. The highest BCUT2D eigenvalue weighted by Gasteiger charge is 2.16. The maximum absolute atomic E-state index is 12.4. The summed E-state index contributed by atoms with van der Waals surface area (Å²) in [5.41, 5.74) is 1.96. The summed E-state index contributed by atoms with van der Waals surface area (Å²) in [5, 5.41) is 2.82. The molecule has 0 fully saturated rings. The first-order valence-corrected chi connectivity index (χ1v) is 8.97. The largest absolute Gasteiger partial charge is 0.493 e. The summed E-state index contributed by atoms with van der Waals surface area (Å²) in [4.78, 5) is 24.7. The number of carbonyl (C=O) groups excluding carboxylic acids is 2. The number of methoxy groups -OCH3 is 2. The molecule has 0 atom stereocenters. The van der Waals surface area contributed by atoms with E-state index in [2.05, 4.69) is 5.32 Å². The topological polar surface area (TPSA) is 83.1 Å². The summed E-state index contributed by atoms with van der Waals surface area (Å²) in [5.74, 6) is 1.92. The number of benzene rings is 2. The van der Waals surface area contributed by atoms with E-state index in [-0.39, 0.29) is 24.5 Å². The second-order valence-corrected chi connectivity index (χ2v) is 6.35. The first kappa shape index (κ1) is 19.5. The molecule has 28 heavy (non-hydrogen) atoms. The molecule has 1 aliphatic heterocycles. The van der Waals surface area contributed by atoms with Gasteiger partial charge in [0.25, 0.3) is 0 Å². The number of fused-ring (bicyclic) bond motifs is 1. The van der Waals surface area contributed by atoms with Gasteiger partial charge in [0, 0.05) is 30.2 Å². The van der Waals surface area contributed by atoms with Crippen molar-refractivity contribution in [2.24, 2.45) is 0 Å². The Kier molecular flexibility index (Phi) is 6.03. The molecule has 0 aromatic heterocycles. The Morgan fingerprint density at radius 1 is 0.964 bits per heavy atom. The van der Waals surface area contributed by atoms with Crippen molar-refractivity contribution in [1.82, 2.24) is 0 Å². The Morgan fingerprint density at radius 2 is 1.64 bits per heavy atom. The number of anilines is 1. The Balaban J connectivity index is 1.60. The molecule has 7 heteroatoms. The summed E-state index contributed by atoms with van der Waals surface area (Å²) < 4.78 is 21.4. The fourth-order valence-corrected chi connectivity index (χ4v) is 2.92. The molecular formula is C21H23NO6. The molecule has 0 unspecified atom stereocenters. The zero-order valence-electron chi connectivity index (χ0n) is 16.2. The normalized spacial score (nSPS) is 12.2. The Bertz CT molecular complexity index is 893. The van der Waals surface area contributed by atoms with E-state index in [4.69, 9.17) is 18.9 Å². The van der Waals surface area contributed by atoms with Gasteiger partial charge in [-0.2, -0.15) is 0 Å². The van der Waals surface area contributed by atoms with Crippen molar-refractivity contribution in [2.45, 2.75) is 19.8 Å². The van der Waals surface area contributed by atoms with Crippen LogP contribution in [0.4, 0.5) is 5.69 Å². The van der Waals surface area contributed by atoms with Crippen molar-refractivity contribution >= 4 is 17.4 Å². The quantitative estimate of drug-likeness (QED) is 0.736. The van der Waals surface area contributed by atoms with E-state index >= 15 is 0 Å². The van der Waals surface area contributed by atoms with Crippen molar-refractivity contribution < 1.29 is 28.5 Å². The lowest BCUT2D eigenvalue weighted by molar-refractivity contribution is -0.116. The molecule has 148 valence electrons. The van der Waals surface area contributed by atoms with Crippen LogP contribution in [0.2, 0.25) is 0 Å². The molecular weight excluding hydrogens is 362 g/mol. The van der Waals surface area contributed by atoms with E-state index in [1.165, 1.54) is 7.11 Å². The summed E-state index contributed by atoms with van der Waals surface area (Å²) in [6, 6.07) is 8.55. The fourth-order valence-electron chi connectivity index (χ4n) is 2.92. The number of nitrogens with one attached hydrogen (secondary N) is 1. The van der Waals surface area contributed by atoms with Crippen molar-refractivity contribution in [3.8, 4) is 23.0 Å². The lowest BCUT2D eigenvalue weighted by Crippen LogP contribution is -2.16. The van der Waals surface area contributed by atoms with E-state index in [1.54, 1.807) is 37.4 Å². The molecule has 0 bridgehead atoms. The standard InChI is InChI=1S/C21H23NO6/c1-13-10-18(25-2)19(26-3)12-15(13)22-21(24)7-5-16(23)14-4-6-17-20(11-14)28-9-8-27-17/h4,6,10-12H,5,7-9H2,1-3H3,(H,22,24). The van der Waals surface area contributed by atoms with E-state index in [0.29, 0.717) is 47.5 Å². The number of Topliss-reactive ketones (excluding diaryl/α,β-unsaturated/α-hetero) is 1. The van der Waals surface area contributed by atoms with Gasteiger partial charge in [-0.05, 0) is 36.8 Å².